The van der Waals surface area contributed by atoms with Crippen LogP contribution < -0.4 is 9.47 Å². The first kappa shape index (κ1) is 10.4. The molecule has 1 aromatic rings. The number of hydrogen-bond donors (Lipinski definition) is 1. The van der Waals surface area contributed by atoms with Crippen LogP contribution >= 0.6 is 0 Å². The van der Waals surface area contributed by atoms with Crippen molar-refractivity contribution in [3.05, 3.63) is 23.8 Å². The summed E-state index contributed by atoms with van der Waals surface area (Å²) in [5.74, 6) is 0.298. The first-order valence-electron chi connectivity index (χ1n) is 5.93. The summed E-state index contributed by atoms with van der Waals surface area (Å²) in [6.07, 6.45) is 4.75. The molecular weight excluding hydrogens is 220 g/mol. The number of carboxylic acids is 1. The van der Waals surface area contributed by atoms with Crippen LogP contribution in [0, 0.1) is 0 Å². The predicted octanol–water partition coefficient (Wildman–Crippen LogP) is 2.47. The maximum atomic E-state index is 10.9. The minimum absolute atomic E-state index is 0.237. The minimum Gasteiger partial charge on any atom is -0.487 e. The van der Waals surface area contributed by atoms with Crippen molar-refractivity contribution in [1.29, 1.82) is 0 Å². The normalized spacial score (nSPS) is 18.8. The van der Waals surface area contributed by atoms with Gasteiger partial charge < -0.3 is 14.6 Å². The van der Waals surface area contributed by atoms with E-state index in [4.69, 9.17) is 14.6 Å². The van der Waals surface area contributed by atoms with E-state index >= 15 is 0 Å². The molecule has 0 aliphatic heterocycles. The first-order valence-corrected chi connectivity index (χ1v) is 5.93. The van der Waals surface area contributed by atoms with Crippen molar-refractivity contribution in [3.63, 3.8) is 0 Å². The third kappa shape index (κ3) is 2.52. The molecule has 90 valence electrons. The van der Waals surface area contributed by atoms with E-state index in [0.29, 0.717) is 11.5 Å². The molecule has 2 fully saturated rings. The molecule has 2 aliphatic rings. The molecule has 17 heavy (non-hydrogen) atoms. The minimum atomic E-state index is -0.941. The fourth-order valence-electron chi connectivity index (χ4n) is 1.56. The monoisotopic (exact) mass is 234 g/mol. The van der Waals surface area contributed by atoms with Gasteiger partial charge in [0.25, 0.3) is 0 Å². The van der Waals surface area contributed by atoms with Gasteiger partial charge in [0.1, 0.15) is 0 Å². The summed E-state index contributed by atoms with van der Waals surface area (Å²) in [7, 11) is 0. The molecule has 1 N–H and O–H groups in total. The fraction of sp³-hybridized carbons (Fsp3) is 0.462. The smallest absolute Gasteiger partial charge is 0.335 e. The maximum absolute atomic E-state index is 10.9. The standard InChI is InChI=1S/C13H14O4/c14-13(15)8-1-6-11(16-9-2-3-9)12(7-8)17-10-4-5-10/h1,6-7,9-10H,2-5H2,(H,14,15). The van der Waals surface area contributed by atoms with Crippen molar-refractivity contribution >= 4 is 5.97 Å². The number of hydrogen-bond acceptors (Lipinski definition) is 3. The fourth-order valence-corrected chi connectivity index (χ4v) is 1.56. The molecule has 0 radical (unpaired) electrons. The molecule has 0 spiro atoms. The highest BCUT2D eigenvalue weighted by atomic mass is 16.5. The van der Waals surface area contributed by atoms with Gasteiger partial charge in [0, 0.05) is 0 Å². The van der Waals surface area contributed by atoms with E-state index in [2.05, 4.69) is 0 Å². The second kappa shape index (κ2) is 3.95. The number of carboxylic acid groups (broad SMARTS) is 1. The largest absolute Gasteiger partial charge is 0.487 e. The molecule has 2 saturated carbocycles. The average Bonchev–Trinajstić information content (AvgIpc) is 3.14. The Hall–Kier alpha value is -1.71. The Morgan fingerprint density at radius 2 is 1.65 bits per heavy atom. The Kier molecular flexibility index (Phi) is 2.42. The van der Waals surface area contributed by atoms with Gasteiger partial charge in [0.05, 0.1) is 17.8 Å². The lowest BCUT2D eigenvalue weighted by molar-refractivity contribution is 0.0696. The van der Waals surface area contributed by atoms with Gasteiger partial charge in [0.15, 0.2) is 11.5 Å². The number of carbonyl (C=O) groups is 1. The highest BCUT2D eigenvalue weighted by molar-refractivity contribution is 5.88. The molecule has 3 rings (SSSR count). The van der Waals surface area contributed by atoms with Crippen molar-refractivity contribution in [3.8, 4) is 11.5 Å². The zero-order chi connectivity index (χ0) is 11.8. The third-order valence-corrected chi connectivity index (χ3v) is 2.83. The zero-order valence-corrected chi connectivity index (χ0v) is 9.39. The van der Waals surface area contributed by atoms with Crippen LogP contribution in [0.1, 0.15) is 36.0 Å². The highest BCUT2D eigenvalue weighted by Gasteiger charge is 2.28. The molecule has 4 heteroatoms. The van der Waals surface area contributed by atoms with E-state index in [1.54, 1.807) is 18.2 Å². The molecule has 0 amide bonds. The number of ether oxygens (including phenoxy) is 2. The van der Waals surface area contributed by atoms with Gasteiger partial charge in [-0.1, -0.05) is 0 Å². The molecule has 0 unspecified atom stereocenters. The van der Waals surface area contributed by atoms with Crippen LogP contribution in [-0.2, 0) is 0 Å². The van der Waals surface area contributed by atoms with Gasteiger partial charge >= 0.3 is 5.97 Å². The van der Waals surface area contributed by atoms with Crippen molar-refractivity contribution in [1.82, 2.24) is 0 Å². The number of benzene rings is 1. The lowest BCUT2D eigenvalue weighted by Crippen LogP contribution is -2.04. The van der Waals surface area contributed by atoms with E-state index in [1.807, 2.05) is 0 Å². The molecule has 4 nitrogen and oxygen atoms in total. The zero-order valence-electron chi connectivity index (χ0n) is 9.39. The van der Waals surface area contributed by atoms with Crippen LogP contribution in [0.2, 0.25) is 0 Å². The molecular formula is C13H14O4. The molecule has 2 aliphatic carbocycles. The van der Waals surface area contributed by atoms with Gasteiger partial charge in [-0.15, -0.1) is 0 Å². The van der Waals surface area contributed by atoms with Crippen LogP contribution in [-0.4, -0.2) is 23.3 Å². The summed E-state index contributed by atoms with van der Waals surface area (Å²) in [5, 5.41) is 8.95. The van der Waals surface area contributed by atoms with E-state index in [0.717, 1.165) is 25.7 Å². The molecule has 1 aromatic carbocycles. The summed E-state index contributed by atoms with van der Waals surface area (Å²) in [6, 6.07) is 4.80. The summed E-state index contributed by atoms with van der Waals surface area (Å²) in [6.45, 7) is 0. The summed E-state index contributed by atoms with van der Waals surface area (Å²) in [4.78, 5) is 10.9. The van der Waals surface area contributed by atoms with Gasteiger partial charge in [0.2, 0.25) is 0 Å². The van der Waals surface area contributed by atoms with Crippen LogP contribution in [0.3, 0.4) is 0 Å². The summed E-state index contributed by atoms with van der Waals surface area (Å²) >= 11 is 0. The van der Waals surface area contributed by atoms with Gasteiger partial charge in [-0.05, 0) is 43.9 Å². The molecule has 0 bridgehead atoms. The lowest BCUT2D eigenvalue weighted by atomic mass is 10.2. The predicted molar refractivity (Wildman–Crippen MR) is 60.7 cm³/mol. The van der Waals surface area contributed by atoms with Crippen molar-refractivity contribution in [2.24, 2.45) is 0 Å². The van der Waals surface area contributed by atoms with Crippen LogP contribution in [0.4, 0.5) is 0 Å². The Morgan fingerprint density at radius 3 is 2.18 bits per heavy atom. The SMILES string of the molecule is O=C(O)c1ccc(OC2CC2)c(OC2CC2)c1. The van der Waals surface area contributed by atoms with Crippen molar-refractivity contribution < 1.29 is 19.4 Å². The maximum Gasteiger partial charge on any atom is 0.335 e. The Labute approximate surface area is 99.2 Å². The third-order valence-electron chi connectivity index (χ3n) is 2.83. The lowest BCUT2D eigenvalue weighted by Gasteiger charge is -2.12. The quantitative estimate of drug-likeness (QED) is 0.850. The summed E-state index contributed by atoms with van der Waals surface area (Å²) < 4.78 is 11.4. The van der Waals surface area contributed by atoms with Gasteiger partial charge in [-0.2, -0.15) is 0 Å². The molecule has 0 aromatic heterocycles. The Balaban J connectivity index is 1.85. The van der Waals surface area contributed by atoms with Gasteiger partial charge in [-0.25, -0.2) is 4.79 Å². The van der Waals surface area contributed by atoms with E-state index < -0.39 is 5.97 Å². The topological polar surface area (TPSA) is 55.8 Å². The number of aromatic carboxylic acids is 1. The van der Waals surface area contributed by atoms with Crippen molar-refractivity contribution in [2.75, 3.05) is 0 Å². The van der Waals surface area contributed by atoms with E-state index in [1.165, 1.54) is 0 Å². The number of rotatable bonds is 5. The molecule has 0 heterocycles. The van der Waals surface area contributed by atoms with Crippen LogP contribution in [0.5, 0.6) is 11.5 Å². The van der Waals surface area contributed by atoms with Crippen LogP contribution in [0.25, 0.3) is 0 Å². The molecule has 0 atom stereocenters. The highest BCUT2D eigenvalue weighted by Crippen LogP contribution is 2.37. The Bertz CT molecular complexity index is 447. The second-order valence-electron chi connectivity index (χ2n) is 4.60. The van der Waals surface area contributed by atoms with Gasteiger partial charge in [-0.3, -0.25) is 0 Å². The van der Waals surface area contributed by atoms with E-state index in [9.17, 15) is 4.79 Å². The summed E-state index contributed by atoms with van der Waals surface area (Å²) in [5.41, 5.74) is 0.240. The average molecular weight is 234 g/mol. The Morgan fingerprint density at radius 1 is 1.06 bits per heavy atom. The second-order valence-corrected chi connectivity index (χ2v) is 4.60. The first-order chi connectivity index (χ1) is 8.22. The van der Waals surface area contributed by atoms with Crippen molar-refractivity contribution in [2.45, 2.75) is 37.9 Å². The molecule has 0 saturated heterocycles. The van der Waals surface area contributed by atoms with E-state index in [-0.39, 0.29) is 17.8 Å². The van der Waals surface area contributed by atoms with Crippen LogP contribution in [0.15, 0.2) is 18.2 Å².